The highest BCUT2D eigenvalue weighted by Gasteiger charge is 2.23. The summed E-state index contributed by atoms with van der Waals surface area (Å²) in [7, 11) is -4.00. The van der Waals surface area contributed by atoms with E-state index in [9.17, 15) is 13.2 Å². The summed E-state index contributed by atoms with van der Waals surface area (Å²) in [6.45, 7) is 1.85. The van der Waals surface area contributed by atoms with Crippen molar-refractivity contribution in [2.75, 3.05) is 4.72 Å². The second-order valence-corrected chi connectivity index (χ2v) is 9.10. The second kappa shape index (κ2) is 7.25. The van der Waals surface area contributed by atoms with Crippen LogP contribution in [0.2, 0.25) is 0 Å². The number of benzene rings is 3. The summed E-state index contributed by atoms with van der Waals surface area (Å²) < 4.78 is 37.4. The monoisotopic (exact) mass is 449 g/mol. The van der Waals surface area contributed by atoms with Gasteiger partial charge in [0.2, 0.25) is 0 Å². The standard InChI is InChI=1S/C21H15N5O3S2/c1-12-10-11-17(20-18(12)24-30-25-20)31(28,29)26-14-7-3-2-6-13(14)19-21(27)23-16-9-5-4-8-15(16)22-19/h2-11,26H,1H3,(H,23,27). The van der Waals surface area contributed by atoms with E-state index in [1.807, 2.05) is 13.0 Å². The van der Waals surface area contributed by atoms with E-state index in [1.165, 1.54) is 6.07 Å². The van der Waals surface area contributed by atoms with Gasteiger partial charge in [-0.3, -0.25) is 9.52 Å². The van der Waals surface area contributed by atoms with Gasteiger partial charge in [-0.2, -0.15) is 8.75 Å². The fraction of sp³-hybridized carbons (Fsp3) is 0.0476. The first-order valence-electron chi connectivity index (χ1n) is 9.27. The molecule has 0 spiro atoms. The molecule has 0 saturated carbocycles. The highest BCUT2D eigenvalue weighted by atomic mass is 32.2. The predicted molar refractivity (Wildman–Crippen MR) is 121 cm³/mol. The predicted octanol–water partition coefficient (Wildman–Crippen LogP) is 3.70. The van der Waals surface area contributed by atoms with Gasteiger partial charge in [-0.05, 0) is 36.8 Å². The van der Waals surface area contributed by atoms with Gasteiger partial charge in [-0.1, -0.05) is 36.4 Å². The molecule has 2 heterocycles. The Balaban J connectivity index is 1.64. The number of H-pyrrole nitrogens is 1. The first-order chi connectivity index (χ1) is 14.9. The number of aromatic nitrogens is 4. The molecule has 0 amide bonds. The number of fused-ring (bicyclic) bond motifs is 2. The number of aromatic amines is 1. The zero-order valence-electron chi connectivity index (χ0n) is 16.2. The molecule has 0 radical (unpaired) electrons. The van der Waals surface area contributed by atoms with Crippen LogP contribution < -0.4 is 10.3 Å². The molecule has 5 aromatic rings. The fourth-order valence-electron chi connectivity index (χ4n) is 3.37. The maximum absolute atomic E-state index is 13.2. The third-order valence-electron chi connectivity index (χ3n) is 4.90. The molecule has 2 aromatic heterocycles. The van der Waals surface area contributed by atoms with E-state index in [2.05, 4.69) is 23.4 Å². The van der Waals surface area contributed by atoms with Crippen molar-refractivity contribution in [3.05, 3.63) is 76.6 Å². The molecule has 0 aliphatic rings. The maximum Gasteiger partial charge on any atom is 0.275 e. The Morgan fingerprint density at radius 3 is 2.55 bits per heavy atom. The largest absolute Gasteiger partial charge is 0.319 e. The van der Waals surface area contributed by atoms with Crippen molar-refractivity contribution >= 4 is 49.5 Å². The number of hydrogen-bond acceptors (Lipinski definition) is 7. The molecule has 8 nitrogen and oxygen atoms in total. The summed E-state index contributed by atoms with van der Waals surface area (Å²) >= 11 is 0.959. The summed E-state index contributed by atoms with van der Waals surface area (Å²) in [5, 5.41) is 0. The van der Waals surface area contributed by atoms with Crippen molar-refractivity contribution in [1.82, 2.24) is 18.7 Å². The zero-order chi connectivity index (χ0) is 21.6. The minimum Gasteiger partial charge on any atom is -0.319 e. The van der Waals surface area contributed by atoms with Crippen LogP contribution in [0.25, 0.3) is 33.3 Å². The van der Waals surface area contributed by atoms with Crippen LogP contribution in [0.4, 0.5) is 5.69 Å². The van der Waals surface area contributed by atoms with Crippen LogP contribution in [0.5, 0.6) is 0 Å². The van der Waals surface area contributed by atoms with Crippen LogP contribution in [0.1, 0.15) is 5.56 Å². The van der Waals surface area contributed by atoms with E-state index in [4.69, 9.17) is 0 Å². The molecule has 10 heteroatoms. The van der Waals surface area contributed by atoms with Gasteiger partial charge in [-0.15, -0.1) is 0 Å². The smallest absolute Gasteiger partial charge is 0.275 e. The van der Waals surface area contributed by atoms with Crippen molar-refractivity contribution < 1.29 is 8.42 Å². The average molecular weight is 450 g/mol. The van der Waals surface area contributed by atoms with Gasteiger partial charge in [0.25, 0.3) is 15.6 Å². The third-order valence-corrected chi connectivity index (χ3v) is 6.82. The summed E-state index contributed by atoms with van der Waals surface area (Å²) in [4.78, 5) is 20.0. The van der Waals surface area contributed by atoms with Crippen molar-refractivity contribution in [3.8, 4) is 11.3 Å². The Bertz CT molecular complexity index is 1620. The first kappa shape index (κ1) is 19.3. The molecule has 154 valence electrons. The lowest BCUT2D eigenvalue weighted by Crippen LogP contribution is -2.16. The Kier molecular flexibility index (Phi) is 4.53. The number of aryl methyl sites for hydroxylation is 1. The highest BCUT2D eigenvalue weighted by Crippen LogP contribution is 2.30. The van der Waals surface area contributed by atoms with Crippen LogP contribution in [-0.4, -0.2) is 27.1 Å². The molecular weight excluding hydrogens is 434 g/mol. The maximum atomic E-state index is 13.2. The van der Waals surface area contributed by atoms with Gasteiger partial charge in [0.15, 0.2) is 0 Å². The van der Waals surface area contributed by atoms with Crippen LogP contribution in [0, 0.1) is 6.92 Å². The third kappa shape index (κ3) is 3.35. The first-order valence-corrected chi connectivity index (χ1v) is 11.5. The molecule has 2 N–H and O–H groups in total. The molecule has 0 aliphatic heterocycles. The number of anilines is 1. The molecular formula is C21H15N5O3S2. The van der Waals surface area contributed by atoms with Crippen molar-refractivity contribution in [1.29, 1.82) is 0 Å². The highest BCUT2D eigenvalue weighted by molar-refractivity contribution is 7.93. The number of hydrogen-bond donors (Lipinski definition) is 2. The quantitative estimate of drug-likeness (QED) is 0.432. The Morgan fingerprint density at radius 1 is 0.935 bits per heavy atom. The lowest BCUT2D eigenvalue weighted by atomic mass is 10.1. The van der Waals surface area contributed by atoms with Gasteiger partial charge in [-0.25, -0.2) is 13.4 Å². The number of nitrogens with one attached hydrogen (secondary N) is 2. The van der Waals surface area contributed by atoms with Crippen molar-refractivity contribution in [2.24, 2.45) is 0 Å². The van der Waals surface area contributed by atoms with Crippen molar-refractivity contribution in [2.45, 2.75) is 11.8 Å². The molecule has 0 aliphatic carbocycles. The van der Waals surface area contributed by atoms with Gasteiger partial charge >= 0.3 is 0 Å². The van der Waals surface area contributed by atoms with E-state index >= 15 is 0 Å². The molecule has 0 unspecified atom stereocenters. The molecule has 31 heavy (non-hydrogen) atoms. The number of rotatable bonds is 4. The van der Waals surface area contributed by atoms with Gasteiger partial charge < -0.3 is 4.98 Å². The average Bonchev–Trinajstić information content (AvgIpc) is 3.24. The van der Waals surface area contributed by atoms with Gasteiger partial charge in [0, 0.05) is 5.56 Å². The lowest BCUT2D eigenvalue weighted by molar-refractivity contribution is 0.602. The molecule has 5 rings (SSSR count). The molecule has 0 saturated heterocycles. The fourth-order valence-corrected chi connectivity index (χ4v) is 5.27. The van der Waals surface area contributed by atoms with Gasteiger partial charge in [0.1, 0.15) is 21.6 Å². The summed E-state index contributed by atoms with van der Waals surface area (Å²) in [6.07, 6.45) is 0. The second-order valence-electron chi connectivity index (χ2n) is 6.92. The molecule has 3 aromatic carbocycles. The van der Waals surface area contributed by atoms with E-state index in [0.29, 0.717) is 27.6 Å². The number of para-hydroxylation sites is 3. The topological polar surface area (TPSA) is 118 Å². The molecule has 0 atom stereocenters. The van der Waals surface area contributed by atoms with Crippen LogP contribution in [0.15, 0.2) is 70.4 Å². The summed E-state index contributed by atoms with van der Waals surface area (Å²) in [5.74, 6) is 0. The molecule has 0 bridgehead atoms. The van der Waals surface area contributed by atoms with Crippen LogP contribution in [-0.2, 0) is 10.0 Å². The lowest BCUT2D eigenvalue weighted by Gasteiger charge is -2.13. The number of sulfonamides is 1. The van der Waals surface area contributed by atoms with E-state index in [0.717, 1.165) is 17.3 Å². The minimum absolute atomic E-state index is 0.0250. The number of nitrogens with zero attached hydrogens (tertiary/aromatic N) is 3. The molecule has 0 fully saturated rings. The minimum atomic E-state index is -4.00. The SMILES string of the molecule is Cc1ccc(S(=O)(=O)Nc2ccccc2-c2nc3ccccc3[nH]c2=O)c2nsnc12. The van der Waals surface area contributed by atoms with E-state index in [-0.39, 0.29) is 16.3 Å². The Hall–Kier alpha value is -3.63. The van der Waals surface area contributed by atoms with Crippen LogP contribution in [0.3, 0.4) is 0 Å². The zero-order valence-corrected chi connectivity index (χ0v) is 17.8. The van der Waals surface area contributed by atoms with Gasteiger partial charge in [0.05, 0.1) is 28.4 Å². The van der Waals surface area contributed by atoms with Crippen molar-refractivity contribution in [3.63, 3.8) is 0 Å². The van der Waals surface area contributed by atoms with E-state index < -0.39 is 15.6 Å². The normalized spacial score (nSPS) is 11.8. The summed E-state index contributed by atoms with van der Waals surface area (Å²) in [6, 6.07) is 17.0. The Morgan fingerprint density at radius 2 is 1.68 bits per heavy atom. The summed E-state index contributed by atoms with van der Waals surface area (Å²) in [5.41, 5.74) is 3.25. The van der Waals surface area contributed by atoms with E-state index in [1.54, 1.807) is 48.5 Å². The van der Waals surface area contributed by atoms with Crippen LogP contribution >= 0.6 is 11.7 Å². The Labute approximate surface area is 181 Å².